The molecule has 3 nitrogen and oxygen atoms in total. The van der Waals surface area contributed by atoms with Gasteiger partial charge < -0.3 is 9.84 Å². The van der Waals surface area contributed by atoms with Gasteiger partial charge in [-0.3, -0.25) is 4.79 Å². The van der Waals surface area contributed by atoms with Crippen molar-refractivity contribution in [2.75, 3.05) is 0 Å². The number of ether oxygens (including phenoxy) is 1. The summed E-state index contributed by atoms with van der Waals surface area (Å²) >= 11 is 0. The molecule has 0 bridgehead atoms. The average molecular weight is 245 g/mol. The zero-order valence-electron chi connectivity index (χ0n) is 10.9. The van der Waals surface area contributed by atoms with Crippen LogP contribution in [-0.2, 0) is 9.53 Å². The van der Waals surface area contributed by atoms with Crippen LogP contribution in [-0.4, -0.2) is 22.6 Å². The molecule has 1 unspecified atom stereocenters. The third-order valence-corrected chi connectivity index (χ3v) is 3.03. The number of carbonyl (C=O) groups excluding carboxylic acids is 1. The van der Waals surface area contributed by atoms with Crippen LogP contribution >= 0.6 is 0 Å². The SMILES string of the molecule is C=C(C)C1(O)C(=O)C([C]2[CH][CH][CH][CH]2)=C1OC(C)C. The zero-order chi connectivity index (χ0) is 13.5. The summed E-state index contributed by atoms with van der Waals surface area (Å²) in [4.78, 5) is 12.2. The van der Waals surface area contributed by atoms with Crippen LogP contribution in [0.15, 0.2) is 23.5 Å². The number of rotatable bonds is 4. The monoisotopic (exact) mass is 245 g/mol. The minimum absolute atomic E-state index is 0.107. The van der Waals surface area contributed by atoms with Gasteiger partial charge in [-0.2, -0.15) is 0 Å². The summed E-state index contributed by atoms with van der Waals surface area (Å²) < 4.78 is 5.62. The predicted molar refractivity (Wildman–Crippen MR) is 68.5 cm³/mol. The van der Waals surface area contributed by atoms with Crippen LogP contribution in [0.25, 0.3) is 0 Å². The molecular formula is C15H17O3. The van der Waals surface area contributed by atoms with E-state index in [1.165, 1.54) is 0 Å². The molecule has 0 heterocycles. The summed E-state index contributed by atoms with van der Waals surface area (Å²) in [6.45, 7) is 9.03. The van der Waals surface area contributed by atoms with Crippen molar-refractivity contribution in [3.63, 3.8) is 0 Å². The maximum absolute atomic E-state index is 12.2. The molecule has 3 heteroatoms. The van der Waals surface area contributed by atoms with Gasteiger partial charge in [0.25, 0.3) is 0 Å². The fourth-order valence-corrected chi connectivity index (χ4v) is 2.08. The fourth-order valence-electron chi connectivity index (χ4n) is 2.08. The summed E-state index contributed by atoms with van der Waals surface area (Å²) in [5.74, 6) is 0.764. The van der Waals surface area contributed by atoms with Crippen LogP contribution in [0.3, 0.4) is 0 Å². The van der Waals surface area contributed by atoms with Gasteiger partial charge in [-0.1, -0.05) is 6.58 Å². The molecule has 1 N–H and O–H groups in total. The number of hydrogen-bond acceptors (Lipinski definition) is 3. The van der Waals surface area contributed by atoms with E-state index < -0.39 is 5.60 Å². The molecule has 0 aliphatic heterocycles. The van der Waals surface area contributed by atoms with Crippen LogP contribution in [0, 0.1) is 31.6 Å². The van der Waals surface area contributed by atoms with Crippen molar-refractivity contribution in [3.8, 4) is 0 Å². The molecule has 0 spiro atoms. The quantitative estimate of drug-likeness (QED) is 0.770. The van der Waals surface area contributed by atoms with Crippen LogP contribution in [0.4, 0.5) is 0 Å². The maximum atomic E-state index is 12.2. The molecule has 18 heavy (non-hydrogen) atoms. The van der Waals surface area contributed by atoms with Crippen molar-refractivity contribution in [3.05, 3.63) is 55.1 Å². The Hall–Kier alpha value is -1.09. The first-order valence-electron chi connectivity index (χ1n) is 5.95. The standard InChI is InChI=1S/C15H17O3/c1-9(2)15(17)13(16)12(11-7-5-6-8-11)14(15)18-10(3)4/h5-8,10,17H,1H2,2-4H3. The Labute approximate surface area is 109 Å². The lowest BCUT2D eigenvalue weighted by Crippen LogP contribution is -2.54. The molecule has 95 valence electrons. The van der Waals surface area contributed by atoms with Gasteiger partial charge in [-0.15, -0.1) is 0 Å². The molecule has 0 aromatic heterocycles. The summed E-state index contributed by atoms with van der Waals surface area (Å²) in [5, 5.41) is 10.4. The molecule has 5 radical (unpaired) electrons. The summed E-state index contributed by atoms with van der Waals surface area (Å²) in [7, 11) is 0. The second kappa shape index (κ2) is 4.54. The average Bonchev–Trinajstić information content (AvgIpc) is 2.80. The lowest BCUT2D eigenvalue weighted by Gasteiger charge is -2.42. The van der Waals surface area contributed by atoms with E-state index in [4.69, 9.17) is 4.74 Å². The Morgan fingerprint density at radius 1 is 1.39 bits per heavy atom. The lowest BCUT2D eigenvalue weighted by atomic mass is 9.69. The van der Waals surface area contributed by atoms with Gasteiger partial charge >= 0.3 is 0 Å². The van der Waals surface area contributed by atoms with E-state index in [2.05, 4.69) is 6.58 Å². The second-order valence-electron chi connectivity index (χ2n) is 4.86. The van der Waals surface area contributed by atoms with Gasteiger partial charge in [-0.25, -0.2) is 0 Å². The highest BCUT2D eigenvalue weighted by molar-refractivity contribution is 6.17. The molecule has 1 atom stereocenters. The molecule has 2 aliphatic carbocycles. The van der Waals surface area contributed by atoms with E-state index in [0.29, 0.717) is 16.9 Å². The molecule has 0 aromatic carbocycles. The predicted octanol–water partition coefficient (Wildman–Crippen LogP) is 1.96. The highest BCUT2D eigenvalue weighted by atomic mass is 16.5. The molecule has 0 saturated heterocycles. The first-order valence-corrected chi connectivity index (χ1v) is 5.95. The number of aliphatic hydroxyl groups is 1. The van der Waals surface area contributed by atoms with Crippen LogP contribution < -0.4 is 0 Å². The molecule has 0 amide bonds. The molecular weight excluding hydrogens is 228 g/mol. The van der Waals surface area contributed by atoms with Crippen LogP contribution in [0.1, 0.15) is 20.8 Å². The van der Waals surface area contributed by atoms with Crippen molar-refractivity contribution in [1.29, 1.82) is 0 Å². The van der Waals surface area contributed by atoms with Crippen molar-refractivity contribution in [2.24, 2.45) is 0 Å². The van der Waals surface area contributed by atoms with Crippen molar-refractivity contribution in [2.45, 2.75) is 32.5 Å². The van der Waals surface area contributed by atoms with Gasteiger partial charge in [0.1, 0.15) is 5.76 Å². The third kappa shape index (κ3) is 1.81. The van der Waals surface area contributed by atoms with Crippen LogP contribution in [0.5, 0.6) is 0 Å². The lowest BCUT2D eigenvalue weighted by molar-refractivity contribution is -0.136. The van der Waals surface area contributed by atoms with Gasteiger partial charge in [0.15, 0.2) is 0 Å². The molecule has 1 fully saturated rings. The topological polar surface area (TPSA) is 46.5 Å². The zero-order valence-corrected chi connectivity index (χ0v) is 10.9. The molecule has 2 rings (SSSR count). The van der Waals surface area contributed by atoms with E-state index in [9.17, 15) is 9.90 Å². The van der Waals surface area contributed by atoms with Gasteiger partial charge in [0, 0.05) is 11.5 Å². The number of hydrogen-bond donors (Lipinski definition) is 1. The number of carbonyl (C=O) groups is 1. The van der Waals surface area contributed by atoms with Gasteiger partial charge in [0.2, 0.25) is 11.4 Å². The highest BCUT2D eigenvalue weighted by Gasteiger charge is 2.57. The van der Waals surface area contributed by atoms with E-state index in [1.54, 1.807) is 6.92 Å². The Morgan fingerprint density at radius 2 is 1.94 bits per heavy atom. The third-order valence-electron chi connectivity index (χ3n) is 3.03. The first-order chi connectivity index (χ1) is 8.39. The first kappa shape index (κ1) is 13.3. The second-order valence-corrected chi connectivity index (χ2v) is 4.86. The molecule has 0 aromatic rings. The minimum atomic E-state index is -1.66. The van der Waals surface area contributed by atoms with E-state index in [-0.39, 0.29) is 11.9 Å². The van der Waals surface area contributed by atoms with Crippen molar-refractivity contribution >= 4 is 5.78 Å². The number of ketones is 1. The molecule has 1 saturated carbocycles. The summed E-state index contributed by atoms with van der Waals surface area (Å²) in [6.07, 6.45) is 7.25. The summed E-state index contributed by atoms with van der Waals surface area (Å²) in [6, 6.07) is 0. The smallest absolute Gasteiger partial charge is 0.206 e. The van der Waals surface area contributed by atoms with E-state index in [1.807, 2.05) is 39.5 Å². The molecule has 2 aliphatic rings. The Kier molecular flexibility index (Phi) is 3.37. The fraction of sp³-hybridized carbons (Fsp3) is 0.333. The van der Waals surface area contributed by atoms with Gasteiger partial charge in [-0.05, 0) is 52.0 Å². The summed E-state index contributed by atoms with van der Waals surface area (Å²) in [5.41, 5.74) is -0.811. The van der Waals surface area contributed by atoms with E-state index in [0.717, 1.165) is 5.92 Å². The van der Waals surface area contributed by atoms with Crippen LogP contribution in [0.2, 0.25) is 0 Å². The minimum Gasteiger partial charge on any atom is -0.491 e. The Bertz CT molecular complexity index is 413. The Morgan fingerprint density at radius 3 is 2.39 bits per heavy atom. The maximum Gasteiger partial charge on any atom is 0.206 e. The Balaban J connectivity index is 2.37. The van der Waals surface area contributed by atoms with Gasteiger partial charge in [0.05, 0.1) is 6.10 Å². The highest BCUT2D eigenvalue weighted by Crippen LogP contribution is 2.48. The van der Waals surface area contributed by atoms with Crippen molar-refractivity contribution in [1.82, 2.24) is 0 Å². The number of Topliss-reactive ketones (excluding diaryl/α,β-unsaturated/α-hetero) is 1. The normalized spacial score (nSPS) is 28.8. The van der Waals surface area contributed by atoms with Crippen molar-refractivity contribution < 1.29 is 14.6 Å². The van der Waals surface area contributed by atoms with E-state index >= 15 is 0 Å². The largest absolute Gasteiger partial charge is 0.491 e.